The van der Waals surface area contributed by atoms with Crippen molar-refractivity contribution in [3.8, 4) is 0 Å². The van der Waals surface area contributed by atoms with E-state index in [-0.39, 0.29) is 32.7 Å². The first-order chi connectivity index (χ1) is 6.54. The number of hydrogen-bond donors (Lipinski definition) is 2. The maximum Gasteiger partial charge on any atom is 0.329 e. The maximum atomic E-state index is 9.63. The van der Waals surface area contributed by atoms with E-state index in [1.807, 2.05) is 0 Å². The van der Waals surface area contributed by atoms with Crippen LogP contribution in [-0.4, -0.2) is 48.6 Å². The van der Waals surface area contributed by atoms with E-state index < -0.39 is 11.9 Å². The van der Waals surface area contributed by atoms with Crippen LogP contribution in [0, 0.1) is 0 Å². The predicted octanol–water partition coefficient (Wildman–Crippen LogP) is 0.213. The summed E-state index contributed by atoms with van der Waals surface area (Å²) in [6.45, 7) is 4.07. The summed E-state index contributed by atoms with van der Waals surface area (Å²) < 4.78 is 8.99. The zero-order valence-corrected chi connectivity index (χ0v) is 12.0. The van der Waals surface area contributed by atoms with Crippen molar-refractivity contribution >= 4 is 11.9 Å². The van der Waals surface area contributed by atoms with Gasteiger partial charge in [0.2, 0.25) is 0 Å². The summed E-state index contributed by atoms with van der Waals surface area (Å²) in [5.41, 5.74) is 0. The Hall–Kier alpha value is -0.517. The monoisotopic (exact) mass is 272 g/mol. The number of carboxylic acids is 2. The van der Waals surface area contributed by atoms with Crippen LogP contribution in [0.1, 0.15) is 13.8 Å². The summed E-state index contributed by atoms with van der Waals surface area (Å²) >= 11 is 0. The number of carboxylic acid groups (broad SMARTS) is 2. The third kappa shape index (κ3) is 31.7. The molecule has 0 fully saturated rings. The van der Waals surface area contributed by atoms with Crippen LogP contribution in [0.25, 0.3) is 0 Å². The van der Waals surface area contributed by atoms with Gasteiger partial charge in [-0.15, -0.1) is 0 Å². The molecule has 0 unspecified atom stereocenters. The molecule has 0 radical (unpaired) electrons. The van der Waals surface area contributed by atoms with Crippen molar-refractivity contribution in [2.24, 2.45) is 0 Å². The fourth-order valence-corrected chi connectivity index (χ4v) is 0.379. The van der Waals surface area contributed by atoms with Crippen LogP contribution in [-0.2, 0) is 38.5 Å². The third-order valence-electron chi connectivity index (χ3n) is 0.859. The first kappa shape index (κ1) is 20.0. The van der Waals surface area contributed by atoms with E-state index in [0.717, 1.165) is 0 Å². The van der Waals surface area contributed by atoms with Crippen molar-refractivity contribution in [2.75, 3.05) is 26.4 Å². The van der Waals surface area contributed by atoms with Crippen LogP contribution in [0.15, 0.2) is 0 Å². The number of aliphatic carboxylic acids is 2. The molecule has 0 aromatic heterocycles. The summed E-state index contributed by atoms with van der Waals surface area (Å²) in [5.74, 6) is -1.83. The van der Waals surface area contributed by atoms with Crippen molar-refractivity contribution in [1.82, 2.24) is 0 Å². The molecule has 2 N–H and O–H groups in total. The summed E-state index contributed by atoms with van der Waals surface area (Å²) in [4.78, 5) is 19.3. The topological polar surface area (TPSA) is 93.1 Å². The van der Waals surface area contributed by atoms with Crippen molar-refractivity contribution in [3.63, 3.8) is 0 Å². The first-order valence-electron chi connectivity index (χ1n) is 4.13. The summed E-state index contributed by atoms with van der Waals surface area (Å²) in [6, 6.07) is 0. The van der Waals surface area contributed by atoms with Gasteiger partial charge in [0.15, 0.2) is 0 Å². The Bertz CT molecular complexity index is 143. The second-order valence-corrected chi connectivity index (χ2v) is 2.06. The molecule has 0 atom stereocenters. The number of rotatable bonds is 6. The standard InChI is InChI=1S/2C4H8O3.Zn/c2*1-2-7-3-4(5)6;/h2*2-3H2,1H3,(H,5,6);. The van der Waals surface area contributed by atoms with Gasteiger partial charge in [-0.25, -0.2) is 9.59 Å². The minimum Gasteiger partial charge on any atom is -0.480 e. The Kier molecular flexibility index (Phi) is 21.2. The summed E-state index contributed by atoms with van der Waals surface area (Å²) in [5, 5.41) is 15.8. The SMILES string of the molecule is CCOCC(=O)O.CCOCC(=O)O.[Zn]. The molecule has 0 amide bonds. The van der Waals surface area contributed by atoms with Gasteiger partial charge in [0.05, 0.1) is 0 Å². The molecule has 86 valence electrons. The molecule has 0 aromatic rings. The number of hydrogen-bond acceptors (Lipinski definition) is 4. The van der Waals surface area contributed by atoms with Gasteiger partial charge in [0.25, 0.3) is 0 Å². The van der Waals surface area contributed by atoms with Crippen molar-refractivity contribution in [3.05, 3.63) is 0 Å². The van der Waals surface area contributed by atoms with E-state index in [1.165, 1.54) is 0 Å². The van der Waals surface area contributed by atoms with E-state index >= 15 is 0 Å². The van der Waals surface area contributed by atoms with Crippen molar-refractivity contribution < 1.29 is 48.8 Å². The van der Waals surface area contributed by atoms with Crippen LogP contribution in [0.5, 0.6) is 0 Å². The molecule has 0 heterocycles. The fraction of sp³-hybridized carbons (Fsp3) is 0.750. The van der Waals surface area contributed by atoms with E-state index in [0.29, 0.717) is 13.2 Å². The van der Waals surface area contributed by atoms with Gasteiger partial charge < -0.3 is 19.7 Å². The molecule has 0 spiro atoms. The molecule has 0 aliphatic heterocycles. The van der Waals surface area contributed by atoms with Gasteiger partial charge in [0.1, 0.15) is 13.2 Å². The first-order valence-corrected chi connectivity index (χ1v) is 4.13. The van der Waals surface area contributed by atoms with Crippen LogP contribution < -0.4 is 0 Å². The summed E-state index contributed by atoms with van der Waals surface area (Å²) in [7, 11) is 0. The third-order valence-corrected chi connectivity index (χ3v) is 0.859. The van der Waals surface area contributed by atoms with Gasteiger partial charge in [0, 0.05) is 32.7 Å². The van der Waals surface area contributed by atoms with Crippen LogP contribution in [0.3, 0.4) is 0 Å². The van der Waals surface area contributed by atoms with E-state index in [4.69, 9.17) is 10.2 Å². The normalized spacial score (nSPS) is 8.13. The van der Waals surface area contributed by atoms with Crippen LogP contribution in [0.2, 0.25) is 0 Å². The zero-order valence-electron chi connectivity index (χ0n) is 9.06. The molecule has 0 saturated carbocycles. The zero-order chi connectivity index (χ0) is 11.4. The van der Waals surface area contributed by atoms with Gasteiger partial charge in [-0.1, -0.05) is 0 Å². The Balaban J connectivity index is -0.000000180. The Labute approximate surface area is 101 Å². The molecule has 0 aliphatic carbocycles. The molecular weight excluding hydrogens is 257 g/mol. The Morgan fingerprint density at radius 1 is 0.933 bits per heavy atom. The van der Waals surface area contributed by atoms with Crippen molar-refractivity contribution in [1.29, 1.82) is 0 Å². The smallest absolute Gasteiger partial charge is 0.329 e. The quantitative estimate of drug-likeness (QED) is 0.672. The fourth-order valence-electron chi connectivity index (χ4n) is 0.379. The van der Waals surface area contributed by atoms with E-state index in [2.05, 4.69) is 9.47 Å². The van der Waals surface area contributed by atoms with Gasteiger partial charge in [-0.2, -0.15) is 0 Å². The molecule has 7 heteroatoms. The van der Waals surface area contributed by atoms with Crippen molar-refractivity contribution in [2.45, 2.75) is 13.8 Å². The molecule has 0 bridgehead atoms. The maximum absolute atomic E-state index is 9.63. The minimum atomic E-state index is -0.915. The van der Waals surface area contributed by atoms with Gasteiger partial charge in [-0.05, 0) is 13.8 Å². The van der Waals surface area contributed by atoms with Gasteiger partial charge in [-0.3, -0.25) is 0 Å². The molecule has 0 rings (SSSR count). The Morgan fingerprint density at radius 3 is 1.27 bits per heavy atom. The number of ether oxygens (including phenoxy) is 2. The number of carbonyl (C=O) groups is 2. The van der Waals surface area contributed by atoms with Crippen LogP contribution >= 0.6 is 0 Å². The average Bonchev–Trinajstić information content (AvgIpc) is 2.12. The molecular formula is C8H16O6Zn. The molecule has 6 nitrogen and oxygen atoms in total. The second-order valence-electron chi connectivity index (χ2n) is 2.06. The van der Waals surface area contributed by atoms with E-state index in [9.17, 15) is 9.59 Å². The van der Waals surface area contributed by atoms with Crippen LogP contribution in [0.4, 0.5) is 0 Å². The molecule has 0 saturated heterocycles. The molecule has 0 aromatic carbocycles. The molecule has 0 aliphatic rings. The minimum absolute atomic E-state index is 0. The van der Waals surface area contributed by atoms with E-state index in [1.54, 1.807) is 13.8 Å². The largest absolute Gasteiger partial charge is 0.480 e. The average molecular weight is 274 g/mol. The molecule has 15 heavy (non-hydrogen) atoms. The summed E-state index contributed by atoms with van der Waals surface area (Å²) in [6.07, 6.45) is 0. The second kappa shape index (κ2) is 15.9. The van der Waals surface area contributed by atoms with Gasteiger partial charge >= 0.3 is 11.9 Å². The Morgan fingerprint density at radius 2 is 1.20 bits per heavy atom. The predicted molar refractivity (Wildman–Crippen MR) is 48.3 cm³/mol.